The number of rotatable bonds is 15. The average Bonchev–Trinajstić information content (AvgIpc) is 2.63. The van der Waals surface area contributed by atoms with Crippen LogP contribution < -0.4 is 0 Å². The minimum atomic E-state index is -0.137. The normalized spacial score (nSPS) is 22.9. The summed E-state index contributed by atoms with van der Waals surface area (Å²) >= 11 is 0. The summed E-state index contributed by atoms with van der Waals surface area (Å²) < 4.78 is 34.5. The lowest BCUT2D eigenvalue weighted by atomic mass is 9.89. The third-order valence-corrected chi connectivity index (χ3v) is 4.90. The van der Waals surface area contributed by atoms with Crippen molar-refractivity contribution in [2.75, 3.05) is 79.6 Å². The Bertz CT molecular complexity index is 448. The van der Waals surface area contributed by atoms with Gasteiger partial charge in [-0.05, 0) is 48.6 Å². The molecule has 31 heavy (non-hydrogen) atoms. The van der Waals surface area contributed by atoms with Crippen molar-refractivity contribution >= 4 is 0 Å². The lowest BCUT2D eigenvalue weighted by molar-refractivity contribution is -0.160. The van der Waals surface area contributed by atoms with Crippen molar-refractivity contribution in [1.82, 2.24) is 4.90 Å². The molecule has 1 rings (SSSR count). The van der Waals surface area contributed by atoms with Gasteiger partial charge >= 0.3 is 0 Å². The first-order chi connectivity index (χ1) is 14.5. The van der Waals surface area contributed by atoms with Crippen LogP contribution in [0.25, 0.3) is 0 Å². The van der Waals surface area contributed by atoms with Crippen LogP contribution in [0, 0.1) is 11.8 Å². The zero-order chi connectivity index (χ0) is 23.3. The molecule has 0 N–H and O–H groups in total. The van der Waals surface area contributed by atoms with Gasteiger partial charge in [-0.3, -0.25) is 0 Å². The third-order valence-electron chi connectivity index (χ3n) is 4.90. The maximum atomic E-state index is 6.36. The van der Waals surface area contributed by atoms with E-state index in [1.807, 2.05) is 20.8 Å². The minimum Gasteiger partial charge on any atom is -0.381 e. The second-order valence-corrected chi connectivity index (χ2v) is 10.5. The molecule has 0 aromatic rings. The lowest BCUT2D eigenvalue weighted by Gasteiger charge is -2.41. The van der Waals surface area contributed by atoms with Crippen LogP contribution in [0.15, 0.2) is 0 Å². The van der Waals surface area contributed by atoms with E-state index < -0.39 is 0 Å². The molecule has 7 heteroatoms. The van der Waals surface area contributed by atoms with Crippen LogP contribution in [-0.4, -0.2) is 102 Å². The van der Waals surface area contributed by atoms with Crippen LogP contribution in [-0.2, 0) is 28.4 Å². The highest BCUT2D eigenvalue weighted by molar-refractivity contribution is 4.83. The second-order valence-electron chi connectivity index (χ2n) is 10.5. The van der Waals surface area contributed by atoms with Crippen LogP contribution in [0.3, 0.4) is 0 Å². The Morgan fingerprint density at radius 3 is 1.87 bits per heavy atom. The first-order valence-corrected chi connectivity index (χ1v) is 11.8. The van der Waals surface area contributed by atoms with E-state index in [4.69, 9.17) is 28.4 Å². The van der Waals surface area contributed by atoms with E-state index >= 15 is 0 Å². The molecule has 0 saturated carbocycles. The molecule has 0 amide bonds. The SMILES string of the molecule is CC1COCC(CN(C)CCOCCOCCOCCOC(C)(C)C)C1OC(C)(C)C. The van der Waals surface area contributed by atoms with Gasteiger partial charge in [-0.2, -0.15) is 0 Å². The first kappa shape index (κ1) is 28.8. The fourth-order valence-corrected chi connectivity index (χ4v) is 3.50. The molecule has 0 spiro atoms. The molecule has 3 unspecified atom stereocenters. The number of ether oxygens (including phenoxy) is 6. The van der Waals surface area contributed by atoms with Crippen LogP contribution in [0.1, 0.15) is 48.5 Å². The number of hydrogen-bond donors (Lipinski definition) is 0. The zero-order valence-corrected chi connectivity index (χ0v) is 21.4. The molecule has 1 heterocycles. The second kappa shape index (κ2) is 14.8. The molecule has 0 aromatic carbocycles. The summed E-state index contributed by atoms with van der Waals surface area (Å²) in [5.74, 6) is 0.792. The fourth-order valence-electron chi connectivity index (χ4n) is 3.50. The Morgan fingerprint density at radius 2 is 1.32 bits per heavy atom. The molecule has 0 bridgehead atoms. The number of likely N-dealkylation sites (N-methyl/N-ethyl adjacent to an activating group) is 1. The van der Waals surface area contributed by atoms with Crippen LogP contribution in [0.2, 0.25) is 0 Å². The average molecular weight is 448 g/mol. The molecule has 1 aliphatic rings. The molecule has 3 atom stereocenters. The third kappa shape index (κ3) is 15.2. The van der Waals surface area contributed by atoms with Crippen molar-refractivity contribution in [2.24, 2.45) is 11.8 Å². The molecule has 0 radical (unpaired) electrons. The Balaban J connectivity index is 2.04. The summed E-state index contributed by atoms with van der Waals surface area (Å²) in [6.45, 7) is 22.3. The molecular formula is C24H49NO6. The molecule has 1 saturated heterocycles. The highest BCUT2D eigenvalue weighted by Crippen LogP contribution is 2.28. The van der Waals surface area contributed by atoms with Crippen LogP contribution in [0.5, 0.6) is 0 Å². The summed E-state index contributed by atoms with van der Waals surface area (Å²) in [5, 5.41) is 0. The summed E-state index contributed by atoms with van der Waals surface area (Å²) in [6, 6.07) is 0. The van der Waals surface area contributed by atoms with Gasteiger partial charge in [0.05, 0.1) is 76.8 Å². The molecule has 0 aromatic heterocycles. The van der Waals surface area contributed by atoms with E-state index in [1.54, 1.807) is 0 Å². The van der Waals surface area contributed by atoms with Crippen molar-refractivity contribution < 1.29 is 28.4 Å². The minimum absolute atomic E-state index is 0.115. The lowest BCUT2D eigenvalue weighted by Crippen LogP contribution is -2.48. The Morgan fingerprint density at radius 1 is 0.774 bits per heavy atom. The highest BCUT2D eigenvalue weighted by Gasteiger charge is 2.35. The van der Waals surface area contributed by atoms with E-state index in [-0.39, 0.29) is 17.3 Å². The summed E-state index contributed by atoms with van der Waals surface area (Å²) in [7, 11) is 2.13. The number of nitrogens with zero attached hydrogens (tertiary/aromatic N) is 1. The predicted octanol–water partition coefficient (Wildman–Crippen LogP) is 3.25. The van der Waals surface area contributed by atoms with Crippen LogP contribution >= 0.6 is 0 Å². The maximum absolute atomic E-state index is 6.36. The maximum Gasteiger partial charge on any atom is 0.0707 e. The van der Waals surface area contributed by atoms with Gasteiger partial charge in [0.2, 0.25) is 0 Å². The molecule has 186 valence electrons. The van der Waals surface area contributed by atoms with Gasteiger partial charge in [-0.15, -0.1) is 0 Å². The standard InChI is InChI=1S/C24H49NO6/c1-20-18-29-19-21(22(20)31-24(5,6)7)17-25(8)9-10-26-11-12-27-13-14-28-15-16-30-23(2,3)4/h20-22H,9-19H2,1-8H3. The van der Waals surface area contributed by atoms with Gasteiger partial charge in [0.25, 0.3) is 0 Å². The largest absolute Gasteiger partial charge is 0.381 e. The molecule has 1 aliphatic heterocycles. The summed E-state index contributed by atoms with van der Waals surface area (Å²) in [4.78, 5) is 2.31. The van der Waals surface area contributed by atoms with Crippen molar-refractivity contribution in [2.45, 2.75) is 65.8 Å². The van der Waals surface area contributed by atoms with Gasteiger partial charge in [-0.25, -0.2) is 0 Å². The van der Waals surface area contributed by atoms with E-state index in [0.29, 0.717) is 58.1 Å². The predicted molar refractivity (Wildman–Crippen MR) is 124 cm³/mol. The summed E-state index contributed by atoms with van der Waals surface area (Å²) in [6.07, 6.45) is 0.229. The monoisotopic (exact) mass is 447 g/mol. The fraction of sp³-hybridized carbons (Fsp3) is 1.00. The van der Waals surface area contributed by atoms with Crippen molar-refractivity contribution in [3.8, 4) is 0 Å². The van der Waals surface area contributed by atoms with Crippen molar-refractivity contribution in [1.29, 1.82) is 0 Å². The van der Waals surface area contributed by atoms with Gasteiger partial charge in [0.1, 0.15) is 0 Å². The molecule has 1 fully saturated rings. The smallest absolute Gasteiger partial charge is 0.0707 e. The zero-order valence-electron chi connectivity index (χ0n) is 21.4. The van der Waals surface area contributed by atoms with Crippen molar-refractivity contribution in [3.05, 3.63) is 0 Å². The first-order valence-electron chi connectivity index (χ1n) is 11.8. The quantitative estimate of drug-likeness (QED) is 0.357. The molecular weight excluding hydrogens is 398 g/mol. The van der Waals surface area contributed by atoms with E-state index in [0.717, 1.165) is 26.3 Å². The van der Waals surface area contributed by atoms with E-state index in [9.17, 15) is 0 Å². The number of hydrogen-bond acceptors (Lipinski definition) is 7. The van der Waals surface area contributed by atoms with Gasteiger partial charge < -0.3 is 33.3 Å². The van der Waals surface area contributed by atoms with E-state index in [2.05, 4.69) is 39.6 Å². The summed E-state index contributed by atoms with van der Waals surface area (Å²) in [5.41, 5.74) is -0.253. The highest BCUT2D eigenvalue weighted by atomic mass is 16.6. The Labute approximate surface area is 191 Å². The topological polar surface area (TPSA) is 58.6 Å². The molecule has 0 aliphatic carbocycles. The van der Waals surface area contributed by atoms with Gasteiger partial charge in [0, 0.05) is 24.9 Å². The van der Waals surface area contributed by atoms with Gasteiger partial charge in [-0.1, -0.05) is 6.92 Å². The van der Waals surface area contributed by atoms with Gasteiger partial charge in [0.15, 0.2) is 0 Å². The Hall–Kier alpha value is -0.280. The molecule has 7 nitrogen and oxygen atoms in total. The van der Waals surface area contributed by atoms with Crippen LogP contribution in [0.4, 0.5) is 0 Å². The van der Waals surface area contributed by atoms with Crippen molar-refractivity contribution in [3.63, 3.8) is 0 Å². The van der Waals surface area contributed by atoms with E-state index in [1.165, 1.54) is 0 Å². The Kier molecular flexibility index (Phi) is 13.7.